The zero-order valence-corrected chi connectivity index (χ0v) is 14.4. The highest BCUT2D eigenvalue weighted by molar-refractivity contribution is 9.10. The van der Waals surface area contributed by atoms with Crippen molar-refractivity contribution < 1.29 is 4.79 Å². The molecule has 3 aromatic rings. The molecule has 0 bridgehead atoms. The fourth-order valence-electron chi connectivity index (χ4n) is 2.40. The van der Waals surface area contributed by atoms with Crippen molar-refractivity contribution in [2.75, 3.05) is 5.32 Å². The number of hydrogen-bond acceptors (Lipinski definition) is 3. The summed E-state index contributed by atoms with van der Waals surface area (Å²) in [6.45, 7) is 2.02. The van der Waals surface area contributed by atoms with E-state index in [-0.39, 0.29) is 11.8 Å². The van der Waals surface area contributed by atoms with Gasteiger partial charge in [-0.15, -0.1) is 0 Å². The van der Waals surface area contributed by atoms with E-state index in [1.165, 1.54) is 11.3 Å². The maximum Gasteiger partial charge on any atom is 0.233 e. The zero-order chi connectivity index (χ0) is 15.5. The molecular formula is C17H15BrN2OS. The number of anilines is 1. The first-order valence-corrected chi connectivity index (χ1v) is 8.70. The van der Waals surface area contributed by atoms with Crippen molar-refractivity contribution in [2.24, 2.45) is 0 Å². The second-order valence-electron chi connectivity index (χ2n) is 4.99. The lowest BCUT2D eigenvalue weighted by Gasteiger charge is -2.13. The molecular weight excluding hydrogens is 360 g/mol. The van der Waals surface area contributed by atoms with Gasteiger partial charge in [-0.2, -0.15) is 0 Å². The Bertz CT molecular complexity index is 801. The molecule has 0 saturated heterocycles. The largest absolute Gasteiger partial charge is 0.301 e. The number of benzene rings is 2. The fourth-order valence-corrected chi connectivity index (χ4v) is 3.82. The van der Waals surface area contributed by atoms with Crippen LogP contribution < -0.4 is 5.32 Å². The van der Waals surface area contributed by atoms with Crippen molar-refractivity contribution in [3.05, 3.63) is 58.6 Å². The minimum absolute atomic E-state index is 0.00757. The smallest absolute Gasteiger partial charge is 0.233 e. The number of fused-ring (bicyclic) bond motifs is 1. The van der Waals surface area contributed by atoms with Crippen LogP contribution in [0.3, 0.4) is 0 Å². The van der Waals surface area contributed by atoms with Crippen molar-refractivity contribution in [1.82, 2.24) is 4.98 Å². The first-order valence-electron chi connectivity index (χ1n) is 7.09. The molecule has 1 amide bonds. The lowest BCUT2D eigenvalue weighted by Crippen LogP contribution is -2.20. The summed E-state index contributed by atoms with van der Waals surface area (Å²) in [6.07, 6.45) is 0.756. The Morgan fingerprint density at radius 3 is 2.77 bits per heavy atom. The third-order valence-corrected chi connectivity index (χ3v) is 4.93. The minimum atomic E-state index is -0.153. The van der Waals surface area contributed by atoms with Gasteiger partial charge in [0.05, 0.1) is 16.1 Å². The number of rotatable bonds is 4. The van der Waals surface area contributed by atoms with E-state index in [0.717, 1.165) is 26.7 Å². The van der Waals surface area contributed by atoms with Crippen LogP contribution >= 0.6 is 27.3 Å². The summed E-state index contributed by atoms with van der Waals surface area (Å²) in [5.74, 6) is -0.160. The quantitative estimate of drug-likeness (QED) is 0.682. The first-order chi connectivity index (χ1) is 10.7. The van der Waals surface area contributed by atoms with Crippen molar-refractivity contribution >= 4 is 48.5 Å². The summed E-state index contributed by atoms with van der Waals surface area (Å²) in [4.78, 5) is 17.0. The van der Waals surface area contributed by atoms with Crippen LogP contribution in [0.1, 0.15) is 24.8 Å². The molecule has 0 aliphatic heterocycles. The van der Waals surface area contributed by atoms with Crippen LogP contribution in [-0.4, -0.2) is 10.9 Å². The van der Waals surface area contributed by atoms with E-state index in [0.29, 0.717) is 5.13 Å². The van der Waals surface area contributed by atoms with E-state index in [2.05, 4.69) is 26.2 Å². The lowest BCUT2D eigenvalue weighted by atomic mass is 9.96. The lowest BCUT2D eigenvalue weighted by molar-refractivity contribution is -0.117. The molecule has 1 unspecified atom stereocenters. The van der Waals surface area contributed by atoms with Gasteiger partial charge >= 0.3 is 0 Å². The molecule has 1 heterocycles. The second kappa shape index (κ2) is 6.58. The number of amides is 1. The van der Waals surface area contributed by atoms with Gasteiger partial charge in [-0.1, -0.05) is 64.5 Å². The predicted octanol–water partition coefficient (Wildman–Crippen LogP) is 5.19. The van der Waals surface area contributed by atoms with Gasteiger partial charge in [0.1, 0.15) is 0 Å². The van der Waals surface area contributed by atoms with Gasteiger partial charge < -0.3 is 5.32 Å². The number of halogens is 1. The summed E-state index contributed by atoms with van der Waals surface area (Å²) >= 11 is 4.94. The fraction of sp³-hybridized carbons (Fsp3) is 0.176. The Morgan fingerprint density at radius 1 is 1.27 bits per heavy atom. The molecule has 5 heteroatoms. The molecule has 0 radical (unpaired) electrons. The average molecular weight is 375 g/mol. The first kappa shape index (κ1) is 15.2. The molecule has 1 aromatic heterocycles. The molecule has 0 spiro atoms. The van der Waals surface area contributed by atoms with Crippen LogP contribution in [-0.2, 0) is 4.79 Å². The van der Waals surface area contributed by atoms with Crippen LogP contribution in [0.25, 0.3) is 10.2 Å². The van der Waals surface area contributed by atoms with E-state index >= 15 is 0 Å². The average Bonchev–Trinajstić information content (AvgIpc) is 2.90. The molecule has 2 aromatic carbocycles. The topological polar surface area (TPSA) is 42.0 Å². The summed E-state index contributed by atoms with van der Waals surface area (Å²) in [5.41, 5.74) is 1.93. The number of thiazole rings is 1. The van der Waals surface area contributed by atoms with E-state index in [1.807, 2.05) is 55.5 Å². The van der Waals surface area contributed by atoms with Crippen molar-refractivity contribution in [3.63, 3.8) is 0 Å². The highest BCUT2D eigenvalue weighted by Gasteiger charge is 2.19. The molecule has 22 heavy (non-hydrogen) atoms. The SMILES string of the molecule is CCC(C(=O)Nc1nc2ccc(Br)cc2s1)c1ccccc1. The van der Waals surface area contributed by atoms with Crippen molar-refractivity contribution in [3.8, 4) is 0 Å². The van der Waals surface area contributed by atoms with Crippen LogP contribution in [0.4, 0.5) is 5.13 Å². The zero-order valence-electron chi connectivity index (χ0n) is 12.0. The maximum absolute atomic E-state index is 12.5. The third-order valence-electron chi connectivity index (χ3n) is 3.51. The van der Waals surface area contributed by atoms with E-state index in [9.17, 15) is 4.79 Å². The molecule has 0 aliphatic carbocycles. The van der Waals surface area contributed by atoms with Gasteiger partial charge in [0, 0.05) is 4.47 Å². The normalized spacial score (nSPS) is 12.3. The molecule has 0 aliphatic rings. The highest BCUT2D eigenvalue weighted by atomic mass is 79.9. The van der Waals surface area contributed by atoms with Crippen molar-refractivity contribution in [1.29, 1.82) is 0 Å². The highest BCUT2D eigenvalue weighted by Crippen LogP contribution is 2.29. The number of nitrogens with one attached hydrogen (secondary N) is 1. The van der Waals surface area contributed by atoms with Crippen LogP contribution in [0, 0.1) is 0 Å². The number of hydrogen-bond donors (Lipinski definition) is 1. The van der Waals surface area contributed by atoms with Gasteiger partial charge in [0.25, 0.3) is 0 Å². The summed E-state index contributed by atoms with van der Waals surface area (Å²) in [6, 6.07) is 15.8. The number of aromatic nitrogens is 1. The molecule has 3 rings (SSSR count). The summed E-state index contributed by atoms with van der Waals surface area (Å²) < 4.78 is 2.06. The summed E-state index contributed by atoms with van der Waals surface area (Å²) in [5, 5.41) is 3.60. The Hall–Kier alpha value is -1.72. The molecule has 1 N–H and O–H groups in total. The van der Waals surface area contributed by atoms with Crippen LogP contribution in [0.5, 0.6) is 0 Å². The van der Waals surface area contributed by atoms with Gasteiger partial charge in [0.2, 0.25) is 5.91 Å². The number of carbonyl (C=O) groups is 1. The Morgan fingerprint density at radius 2 is 2.05 bits per heavy atom. The Kier molecular flexibility index (Phi) is 4.55. The monoisotopic (exact) mass is 374 g/mol. The van der Waals surface area contributed by atoms with Gasteiger partial charge in [-0.05, 0) is 30.2 Å². The van der Waals surface area contributed by atoms with Crippen molar-refractivity contribution in [2.45, 2.75) is 19.3 Å². The maximum atomic E-state index is 12.5. The minimum Gasteiger partial charge on any atom is -0.301 e. The standard InChI is InChI=1S/C17H15BrN2OS/c1-2-13(11-6-4-3-5-7-11)16(21)20-17-19-14-9-8-12(18)10-15(14)22-17/h3-10,13H,2H2,1H3,(H,19,20,21). The number of nitrogens with zero attached hydrogens (tertiary/aromatic N) is 1. The van der Waals surface area contributed by atoms with E-state index in [4.69, 9.17) is 0 Å². The van der Waals surface area contributed by atoms with Crippen LogP contribution in [0.15, 0.2) is 53.0 Å². The van der Waals surface area contributed by atoms with Gasteiger partial charge in [-0.3, -0.25) is 4.79 Å². The van der Waals surface area contributed by atoms with E-state index in [1.54, 1.807) is 0 Å². The molecule has 3 nitrogen and oxygen atoms in total. The van der Waals surface area contributed by atoms with Gasteiger partial charge in [-0.25, -0.2) is 4.98 Å². The summed E-state index contributed by atoms with van der Waals surface area (Å²) in [7, 11) is 0. The molecule has 0 saturated carbocycles. The van der Waals surface area contributed by atoms with Crippen LogP contribution in [0.2, 0.25) is 0 Å². The number of carbonyl (C=O) groups excluding carboxylic acids is 1. The van der Waals surface area contributed by atoms with E-state index < -0.39 is 0 Å². The third kappa shape index (κ3) is 3.20. The molecule has 1 atom stereocenters. The van der Waals surface area contributed by atoms with Gasteiger partial charge in [0.15, 0.2) is 5.13 Å². The molecule has 112 valence electrons. The second-order valence-corrected chi connectivity index (χ2v) is 6.94. The Balaban J connectivity index is 1.82. The predicted molar refractivity (Wildman–Crippen MR) is 95.4 cm³/mol. The Labute approximate surface area is 141 Å². The molecule has 0 fully saturated rings.